The molecular formula is C19H17ClN4O3. The van der Waals surface area contributed by atoms with Crippen molar-refractivity contribution in [1.82, 2.24) is 9.88 Å². The van der Waals surface area contributed by atoms with Crippen LogP contribution in [0.4, 0.5) is 5.69 Å². The van der Waals surface area contributed by atoms with Crippen molar-refractivity contribution in [2.75, 3.05) is 27.3 Å². The molecule has 0 radical (unpaired) electrons. The van der Waals surface area contributed by atoms with Crippen LogP contribution in [0.15, 0.2) is 46.5 Å². The molecule has 2 aliphatic rings. The fourth-order valence-corrected chi connectivity index (χ4v) is 3.18. The number of hydrogen-bond acceptors (Lipinski definition) is 7. The van der Waals surface area contributed by atoms with Gasteiger partial charge in [-0.3, -0.25) is 4.99 Å². The molecule has 0 atom stereocenters. The van der Waals surface area contributed by atoms with E-state index in [1.54, 1.807) is 38.5 Å². The number of methoxy groups -OCH3 is 2. The third kappa shape index (κ3) is 3.10. The van der Waals surface area contributed by atoms with Crippen molar-refractivity contribution in [3.63, 3.8) is 0 Å². The molecule has 0 spiro atoms. The standard InChI is InChI=1S/C19H17ClN4O3/c1-26-15-7-12-13(8-16(15)27-2)23-18(24-6-5-21-19(12)24)9-14(25)11-3-4-17(20)22-10-11/h3-4,7-10,25H,5-6H2,1-2H3/b14-9-. The van der Waals surface area contributed by atoms with Gasteiger partial charge in [-0.05, 0) is 18.2 Å². The molecule has 4 rings (SSSR count). The van der Waals surface area contributed by atoms with Crippen molar-refractivity contribution in [2.24, 2.45) is 9.98 Å². The molecule has 0 aliphatic carbocycles. The number of hydrogen-bond donors (Lipinski definition) is 1. The lowest BCUT2D eigenvalue weighted by atomic mass is 10.1. The van der Waals surface area contributed by atoms with Gasteiger partial charge in [0.25, 0.3) is 0 Å². The van der Waals surface area contributed by atoms with E-state index >= 15 is 0 Å². The number of fused-ring (bicyclic) bond motifs is 3. The number of pyridine rings is 1. The summed E-state index contributed by atoms with van der Waals surface area (Å²) >= 11 is 5.81. The van der Waals surface area contributed by atoms with Crippen LogP contribution in [-0.4, -0.2) is 54.0 Å². The van der Waals surface area contributed by atoms with Crippen molar-refractivity contribution in [1.29, 1.82) is 0 Å². The minimum Gasteiger partial charge on any atom is -0.507 e. The summed E-state index contributed by atoms with van der Waals surface area (Å²) in [4.78, 5) is 15.3. The predicted octanol–water partition coefficient (Wildman–Crippen LogP) is 3.46. The fraction of sp³-hybridized carbons (Fsp3) is 0.211. The van der Waals surface area contributed by atoms with Crippen molar-refractivity contribution >= 4 is 34.7 Å². The Morgan fingerprint density at radius 2 is 2.00 bits per heavy atom. The third-order valence-electron chi connectivity index (χ3n) is 4.38. The molecule has 138 valence electrons. The van der Waals surface area contributed by atoms with Gasteiger partial charge >= 0.3 is 0 Å². The first-order chi connectivity index (χ1) is 13.1. The number of aromatic nitrogens is 1. The largest absolute Gasteiger partial charge is 0.507 e. The van der Waals surface area contributed by atoms with Gasteiger partial charge in [0.05, 0.1) is 26.5 Å². The van der Waals surface area contributed by atoms with E-state index in [1.165, 1.54) is 6.20 Å². The quantitative estimate of drug-likeness (QED) is 0.645. The number of aliphatic hydroxyl groups is 1. The van der Waals surface area contributed by atoms with E-state index in [2.05, 4.69) is 9.98 Å². The van der Waals surface area contributed by atoms with Crippen molar-refractivity contribution < 1.29 is 14.6 Å². The van der Waals surface area contributed by atoms with Crippen LogP contribution in [-0.2, 0) is 0 Å². The molecule has 0 saturated carbocycles. The topological polar surface area (TPSA) is 79.5 Å². The van der Waals surface area contributed by atoms with Crippen LogP contribution in [0, 0.1) is 0 Å². The monoisotopic (exact) mass is 384 g/mol. The smallest absolute Gasteiger partial charge is 0.162 e. The van der Waals surface area contributed by atoms with E-state index in [0.29, 0.717) is 46.8 Å². The van der Waals surface area contributed by atoms with E-state index in [0.717, 1.165) is 11.4 Å². The molecule has 0 amide bonds. The van der Waals surface area contributed by atoms with Gasteiger partial charge in [0.15, 0.2) is 11.5 Å². The van der Waals surface area contributed by atoms with E-state index in [9.17, 15) is 5.11 Å². The normalized spacial score (nSPS) is 15.7. The van der Waals surface area contributed by atoms with Crippen LogP contribution < -0.4 is 9.47 Å². The molecule has 7 nitrogen and oxygen atoms in total. The van der Waals surface area contributed by atoms with E-state index in [4.69, 9.17) is 26.1 Å². The molecule has 27 heavy (non-hydrogen) atoms. The summed E-state index contributed by atoms with van der Waals surface area (Å²) in [6.07, 6.45) is 3.11. The second kappa shape index (κ2) is 6.92. The summed E-state index contributed by atoms with van der Waals surface area (Å²) in [5.74, 6) is 2.65. The first-order valence-corrected chi connectivity index (χ1v) is 8.68. The first kappa shape index (κ1) is 17.4. The lowest BCUT2D eigenvalue weighted by Crippen LogP contribution is -2.36. The summed E-state index contributed by atoms with van der Waals surface area (Å²) in [5.41, 5.74) is 2.13. The number of aliphatic imine (C=N–C) groups is 2. The van der Waals surface area contributed by atoms with E-state index < -0.39 is 0 Å². The van der Waals surface area contributed by atoms with Crippen molar-refractivity contribution in [3.05, 3.63) is 52.8 Å². The lowest BCUT2D eigenvalue weighted by molar-refractivity contribution is 0.355. The zero-order valence-corrected chi connectivity index (χ0v) is 15.6. The number of amidine groups is 2. The highest BCUT2D eigenvalue weighted by Crippen LogP contribution is 2.38. The van der Waals surface area contributed by atoms with Gasteiger partial charge in [0.2, 0.25) is 0 Å². The second-order valence-electron chi connectivity index (χ2n) is 5.95. The van der Waals surface area contributed by atoms with Crippen LogP contribution in [0.1, 0.15) is 11.1 Å². The Labute approximate surface area is 161 Å². The maximum Gasteiger partial charge on any atom is 0.162 e. The second-order valence-corrected chi connectivity index (χ2v) is 6.34. The highest BCUT2D eigenvalue weighted by molar-refractivity contribution is 6.29. The minimum atomic E-state index is 0.0492. The first-order valence-electron chi connectivity index (χ1n) is 8.30. The van der Waals surface area contributed by atoms with Crippen LogP contribution in [0.5, 0.6) is 11.5 Å². The summed E-state index contributed by atoms with van der Waals surface area (Å²) < 4.78 is 10.8. The zero-order chi connectivity index (χ0) is 19.0. The number of benzene rings is 1. The molecule has 1 N–H and O–H groups in total. The molecule has 2 aliphatic heterocycles. The van der Waals surface area contributed by atoms with Gasteiger partial charge < -0.3 is 19.5 Å². The molecule has 0 fully saturated rings. The van der Waals surface area contributed by atoms with Gasteiger partial charge in [0.1, 0.15) is 22.6 Å². The zero-order valence-electron chi connectivity index (χ0n) is 14.8. The average Bonchev–Trinajstić information content (AvgIpc) is 3.18. The third-order valence-corrected chi connectivity index (χ3v) is 4.61. The molecule has 1 aromatic heterocycles. The van der Waals surface area contributed by atoms with E-state index in [1.807, 2.05) is 11.0 Å². The van der Waals surface area contributed by atoms with Gasteiger partial charge in [-0.2, -0.15) is 0 Å². The Bertz CT molecular complexity index is 983. The molecule has 8 heteroatoms. The Morgan fingerprint density at radius 1 is 1.22 bits per heavy atom. The van der Waals surface area contributed by atoms with Gasteiger partial charge in [-0.1, -0.05) is 11.6 Å². The maximum atomic E-state index is 10.5. The molecule has 0 saturated heterocycles. The van der Waals surface area contributed by atoms with Crippen molar-refractivity contribution in [2.45, 2.75) is 0 Å². The SMILES string of the molecule is COc1cc2c(cc1OC)C1=NCCN1C(/C=C(\O)c1ccc(Cl)nc1)=N2. The molecular weight excluding hydrogens is 368 g/mol. The number of halogens is 1. The Kier molecular flexibility index (Phi) is 4.45. The highest BCUT2D eigenvalue weighted by Gasteiger charge is 2.30. The highest BCUT2D eigenvalue weighted by atomic mass is 35.5. The Balaban J connectivity index is 1.80. The molecule has 0 bridgehead atoms. The Hall–Kier alpha value is -3.06. The fourth-order valence-electron chi connectivity index (χ4n) is 3.07. The van der Waals surface area contributed by atoms with Crippen LogP contribution in [0.3, 0.4) is 0 Å². The summed E-state index contributed by atoms with van der Waals surface area (Å²) in [6.45, 7) is 1.34. The molecule has 1 aromatic carbocycles. The predicted molar refractivity (Wildman–Crippen MR) is 105 cm³/mol. The summed E-state index contributed by atoms with van der Waals surface area (Å²) in [6, 6.07) is 7.00. The number of nitrogens with zero attached hydrogens (tertiary/aromatic N) is 4. The maximum absolute atomic E-state index is 10.5. The lowest BCUT2D eigenvalue weighted by Gasteiger charge is -2.26. The van der Waals surface area contributed by atoms with Crippen molar-refractivity contribution in [3.8, 4) is 11.5 Å². The van der Waals surface area contributed by atoms with Crippen LogP contribution in [0.25, 0.3) is 5.76 Å². The van der Waals surface area contributed by atoms with Crippen LogP contribution in [0.2, 0.25) is 5.15 Å². The van der Waals surface area contributed by atoms with Gasteiger partial charge in [0, 0.05) is 36.0 Å². The minimum absolute atomic E-state index is 0.0492. The molecule has 2 aromatic rings. The van der Waals surface area contributed by atoms with Gasteiger partial charge in [-0.25, -0.2) is 9.98 Å². The number of ether oxygens (including phenoxy) is 2. The van der Waals surface area contributed by atoms with Gasteiger partial charge in [-0.15, -0.1) is 0 Å². The molecule has 3 heterocycles. The number of rotatable bonds is 4. The number of aliphatic hydroxyl groups excluding tert-OH is 1. The van der Waals surface area contributed by atoms with Crippen LogP contribution >= 0.6 is 11.6 Å². The Morgan fingerprint density at radius 3 is 2.70 bits per heavy atom. The summed E-state index contributed by atoms with van der Waals surface area (Å²) in [7, 11) is 3.17. The average molecular weight is 385 g/mol. The summed E-state index contributed by atoms with van der Waals surface area (Å²) in [5, 5.41) is 10.9. The molecule has 0 unspecified atom stereocenters. The van der Waals surface area contributed by atoms with E-state index in [-0.39, 0.29) is 5.76 Å².